The Morgan fingerprint density at radius 3 is 1.60 bits per heavy atom. The summed E-state index contributed by atoms with van der Waals surface area (Å²) in [5.41, 5.74) is 10.0. The Kier molecular flexibility index (Phi) is 11.4. The molecule has 5 aromatic carbocycles. The predicted octanol–water partition coefficient (Wildman–Crippen LogP) is 9.89. The molecule has 43 heavy (non-hydrogen) atoms. The van der Waals surface area contributed by atoms with Gasteiger partial charge in [0.25, 0.3) is 0 Å². The summed E-state index contributed by atoms with van der Waals surface area (Å²) in [6, 6.07) is 54.2. The first-order valence-corrected chi connectivity index (χ1v) is 13.7. The Morgan fingerprint density at radius 1 is 0.465 bits per heavy atom. The number of pyridine rings is 2. The number of hydrogen-bond donors (Lipinski definition) is 0. The van der Waals surface area contributed by atoms with Crippen molar-refractivity contribution in [2.45, 2.75) is 6.92 Å². The summed E-state index contributed by atoms with van der Waals surface area (Å²) >= 11 is 0. The van der Waals surface area contributed by atoms with E-state index in [2.05, 4.69) is 132 Å². The average Bonchev–Trinajstić information content (AvgIpc) is 3.06. The van der Waals surface area contributed by atoms with E-state index in [-0.39, 0.29) is 40.2 Å². The molecule has 7 rings (SSSR count). The van der Waals surface area contributed by atoms with Crippen molar-refractivity contribution in [3.05, 3.63) is 170 Å². The number of fused-ring (bicyclic) bond motifs is 1. The van der Waals surface area contributed by atoms with Crippen molar-refractivity contribution in [2.75, 3.05) is 0 Å². The van der Waals surface area contributed by atoms with Crippen molar-refractivity contribution >= 4 is 10.8 Å². The number of aryl methyl sites for hydroxylation is 1. The zero-order valence-electron chi connectivity index (χ0n) is 23.5. The molecule has 2 nitrogen and oxygen atoms in total. The molecule has 0 saturated heterocycles. The van der Waals surface area contributed by atoms with E-state index in [9.17, 15) is 0 Å². The standard InChI is InChI=1S/C21H14N.C18H14N.2Ir/c1-2-7-16(8-3-1)18-10-6-11-19(15-18)21-20-12-5-4-9-17(20)13-14-22-21;1-14-7-6-12-19-18(14)17-11-5-10-16(13-17)15-8-3-2-4-9-15;;/h1-10,12-15H;2-10,12-13H,1H3;;/q2*-1;;. The molecule has 0 aliphatic rings. The zero-order chi connectivity index (χ0) is 27.9. The number of nitrogens with zero attached hydrogens (tertiary/aromatic N) is 2. The molecule has 0 spiro atoms. The molecule has 0 bridgehead atoms. The first kappa shape index (κ1) is 31.9. The molecule has 2 heterocycles. The van der Waals surface area contributed by atoms with Crippen molar-refractivity contribution in [2.24, 2.45) is 0 Å². The van der Waals surface area contributed by atoms with Gasteiger partial charge in [0, 0.05) is 52.6 Å². The second kappa shape index (κ2) is 15.4. The van der Waals surface area contributed by atoms with Crippen LogP contribution in [0.3, 0.4) is 0 Å². The van der Waals surface area contributed by atoms with E-state index in [0.29, 0.717) is 0 Å². The van der Waals surface area contributed by atoms with Gasteiger partial charge in [-0.1, -0.05) is 96.6 Å². The van der Waals surface area contributed by atoms with E-state index in [0.717, 1.165) is 27.9 Å². The Balaban J connectivity index is 0.000000190. The topological polar surface area (TPSA) is 25.8 Å². The smallest absolute Gasteiger partial charge is 0.0167 e. The van der Waals surface area contributed by atoms with Gasteiger partial charge in [-0.15, -0.1) is 70.8 Å². The normalized spacial score (nSPS) is 10.1. The fourth-order valence-corrected chi connectivity index (χ4v) is 4.93. The van der Waals surface area contributed by atoms with Crippen LogP contribution >= 0.6 is 0 Å². The molecule has 0 atom stereocenters. The van der Waals surface area contributed by atoms with Crippen molar-refractivity contribution in [3.8, 4) is 44.8 Å². The van der Waals surface area contributed by atoms with Gasteiger partial charge in [-0.3, -0.25) is 0 Å². The van der Waals surface area contributed by atoms with Gasteiger partial charge in [-0.25, -0.2) is 0 Å². The van der Waals surface area contributed by atoms with Gasteiger partial charge < -0.3 is 9.97 Å². The van der Waals surface area contributed by atoms with Crippen LogP contribution in [0, 0.1) is 19.1 Å². The molecule has 0 unspecified atom stereocenters. The van der Waals surface area contributed by atoms with Crippen LogP contribution in [0.5, 0.6) is 0 Å². The van der Waals surface area contributed by atoms with E-state index in [1.165, 1.54) is 33.2 Å². The maximum Gasteiger partial charge on any atom is 0.0167 e. The van der Waals surface area contributed by atoms with Crippen LogP contribution in [0.1, 0.15) is 5.56 Å². The second-order valence-electron chi connectivity index (χ2n) is 9.76. The monoisotopic (exact) mass is 910 g/mol. The fraction of sp³-hybridized carbons (Fsp3) is 0.0256. The van der Waals surface area contributed by atoms with Gasteiger partial charge in [0.15, 0.2) is 0 Å². The van der Waals surface area contributed by atoms with Crippen LogP contribution in [0.15, 0.2) is 152 Å². The van der Waals surface area contributed by atoms with Gasteiger partial charge >= 0.3 is 0 Å². The summed E-state index contributed by atoms with van der Waals surface area (Å²) in [6.45, 7) is 2.07. The maximum absolute atomic E-state index is 4.58. The Labute approximate surface area is 280 Å². The molecule has 2 aromatic heterocycles. The molecule has 0 amide bonds. The largest absolute Gasteiger partial charge is 0.304 e. The van der Waals surface area contributed by atoms with Crippen LogP contribution in [-0.2, 0) is 40.2 Å². The first-order chi connectivity index (χ1) is 20.3. The minimum absolute atomic E-state index is 0. The number of hydrogen-bond acceptors (Lipinski definition) is 2. The summed E-state index contributed by atoms with van der Waals surface area (Å²) < 4.78 is 0. The fourth-order valence-electron chi connectivity index (χ4n) is 4.93. The minimum Gasteiger partial charge on any atom is -0.304 e. The minimum atomic E-state index is 0. The third-order valence-electron chi connectivity index (χ3n) is 7.01. The molecule has 0 N–H and O–H groups in total. The summed E-state index contributed by atoms with van der Waals surface area (Å²) in [6.07, 6.45) is 3.69. The van der Waals surface area contributed by atoms with Crippen LogP contribution in [0.4, 0.5) is 0 Å². The van der Waals surface area contributed by atoms with Crippen molar-refractivity contribution in [1.82, 2.24) is 9.97 Å². The molecule has 0 fully saturated rings. The second-order valence-corrected chi connectivity index (χ2v) is 9.76. The van der Waals surface area contributed by atoms with E-state index in [1.807, 2.05) is 48.8 Å². The average molecular weight is 909 g/mol. The molecule has 0 aliphatic carbocycles. The molecule has 7 aromatic rings. The van der Waals surface area contributed by atoms with Gasteiger partial charge in [-0.05, 0) is 52.3 Å². The molecule has 2 radical (unpaired) electrons. The van der Waals surface area contributed by atoms with Gasteiger partial charge in [0.1, 0.15) is 0 Å². The molecular formula is C39H28Ir2N2-2. The van der Waals surface area contributed by atoms with Crippen LogP contribution in [0.2, 0.25) is 0 Å². The summed E-state index contributed by atoms with van der Waals surface area (Å²) in [4.78, 5) is 9.03. The SMILES string of the molecule is Cc1cccnc1-c1[c-]ccc(-c2ccccc2)c1.[Ir].[Ir].[c-]1ccc(-c2ccccc2)cc1-c1nccc2ccccc12. The Morgan fingerprint density at radius 2 is 1.00 bits per heavy atom. The first-order valence-electron chi connectivity index (χ1n) is 13.7. The number of benzene rings is 5. The summed E-state index contributed by atoms with van der Waals surface area (Å²) in [5.74, 6) is 0. The summed E-state index contributed by atoms with van der Waals surface area (Å²) in [7, 11) is 0. The zero-order valence-corrected chi connectivity index (χ0v) is 28.3. The molecular weight excluding hydrogens is 881 g/mol. The van der Waals surface area contributed by atoms with Crippen LogP contribution in [-0.4, -0.2) is 9.97 Å². The van der Waals surface area contributed by atoms with E-state index >= 15 is 0 Å². The third kappa shape index (κ3) is 7.68. The van der Waals surface area contributed by atoms with Crippen LogP contribution in [0.25, 0.3) is 55.5 Å². The number of rotatable bonds is 4. The molecule has 4 heteroatoms. The quantitative estimate of drug-likeness (QED) is 0.165. The van der Waals surface area contributed by atoms with E-state index in [1.54, 1.807) is 0 Å². The molecule has 214 valence electrons. The predicted molar refractivity (Wildman–Crippen MR) is 170 cm³/mol. The van der Waals surface area contributed by atoms with Crippen molar-refractivity contribution in [1.29, 1.82) is 0 Å². The van der Waals surface area contributed by atoms with Gasteiger partial charge in [-0.2, -0.15) is 0 Å². The third-order valence-corrected chi connectivity index (χ3v) is 7.01. The maximum atomic E-state index is 4.58. The van der Waals surface area contributed by atoms with E-state index in [4.69, 9.17) is 0 Å². The van der Waals surface area contributed by atoms with E-state index < -0.39 is 0 Å². The van der Waals surface area contributed by atoms with Crippen LogP contribution < -0.4 is 0 Å². The molecule has 0 aliphatic heterocycles. The van der Waals surface area contributed by atoms with Crippen molar-refractivity contribution < 1.29 is 40.2 Å². The van der Waals surface area contributed by atoms with Gasteiger partial charge in [0.05, 0.1) is 0 Å². The Bertz CT molecular complexity index is 1900. The van der Waals surface area contributed by atoms with Gasteiger partial charge in [0.2, 0.25) is 0 Å². The summed E-state index contributed by atoms with van der Waals surface area (Å²) in [5, 5.41) is 2.36. The van der Waals surface area contributed by atoms with Crippen molar-refractivity contribution in [3.63, 3.8) is 0 Å². The number of aromatic nitrogens is 2. The Hall–Kier alpha value is -4.04. The molecule has 0 saturated carbocycles.